The van der Waals surface area contributed by atoms with Gasteiger partial charge < -0.3 is 4.74 Å². The molecular formula is C17H17O. The van der Waals surface area contributed by atoms with Crippen LogP contribution in [0.4, 0.5) is 0 Å². The fourth-order valence-electron chi connectivity index (χ4n) is 1.74. The fraction of sp³-hybridized carbons (Fsp3) is 0.118. The van der Waals surface area contributed by atoms with Gasteiger partial charge in [-0.1, -0.05) is 36.4 Å². The topological polar surface area (TPSA) is 9.23 Å². The average Bonchev–Trinajstić information content (AvgIpc) is 2.41. The van der Waals surface area contributed by atoms with E-state index < -0.39 is 0 Å². The SMILES string of the molecule is [CH2]C/C=C(/C)c1ccc(Oc2ccccc2)cc1. The van der Waals surface area contributed by atoms with Crippen LogP contribution in [-0.2, 0) is 0 Å². The summed E-state index contributed by atoms with van der Waals surface area (Å²) >= 11 is 0. The van der Waals surface area contributed by atoms with Gasteiger partial charge in [-0.2, -0.15) is 0 Å². The molecule has 0 atom stereocenters. The van der Waals surface area contributed by atoms with Gasteiger partial charge in [-0.15, -0.1) is 0 Å². The highest BCUT2D eigenvalue weighted by atomic mass is 16.5. The normalized spacial score (nSPS) is 11.3. The molecule has 2 aromatic rings. The van der Waals surface area contributed by atoms with Gasteiger partial charge >= 0.3 is 0 Å². The predicted octanol–water partition coefficient (Wildman–Crippen LogP) is 5.11. The van der Waals surface area contributed by atoms with E-state index in [1.807, 2.05) is 42.5 Å². The van der Waals surface area contributed by atoms with Crippen molar-refractivity contribution < 1.29 is 4.74 Å². The van der Waals surface area contributed by atoms with Gasteiger partial charge in [0.25, 0.3) is 0 Å². The van der Waals surface area contributed by atoms with Crippen LogP contribution in [0.25, 0.3) is 5.57 Å². The zero-order valence-corrected chi connectivity index (χ0v) is 10.6. The number of rotatable bonds is 4. The Kier molecular flexibility index (Phi) is 4.19. The summed E-state index contributed by atoms with van der Waals surface area (Å²) in [5.41, 5.74) is 2.45. The standard InChI is InChI=1S/C17H17O/c1-3-7-14(2)15-10-12-17(13-11-15)18-16-8-5-4-6-9-16/h4-13H,1,3H2,2H3/b14-7-. The zero-order chi connectivity index (χ0) is 12.8. The Labute approximate surface area is 109 Å². The monoisotopic (exact) mass is 237 g/mol. The molecule has 1 heteroatoms. The van der Waals surface area contributed by atoms with Crippen LogP contribution in [0.5, 0.6) is 11.5 Å². The lowest BCUT2D eigenvalue weighted by Crippen LogP contribution is -1.85. The lowest BCUT2D eigenvalue weighted by Gasteiger charge is -2.07. The van der Waals surface area contributed by atoms with Gasteiger partial charge in [0.2, 0.25) is 0 Å². The van der Waals surface area contributed by atoms with Crippen molar-refractivity contribution in [1.82, 2.24) is 0 Å². The van der Waals surface area contributed by atoms with Crippen molar-refractivity contribution in [3.8, 4) is 11.5 Å². The van der Waals surface area contributed by atoms with E-state index in [4.69, 9.17) is 4.74 Å². The molecule has 0 saturated heterocycles. The first-order valence-corrected chi connectivity index (χ1v) is 6.09. The fourth-order valence-corrected chi connectivity index (χ4v) is 1.74. The third-order valence-electron chi connectivity index (χ3n) is 2.74. The lowest BCUT2D eigenvalue weighted by molar-refractivity contribution is 0.482. The maximum Gasteiger partial charge on any atom is 0.127 e. The van der Waals surface area contributed by atoms with E-state index in [9.17, 15) is 0 Å². The molecule has 91 valence electrons. The summed E-state index contributed by atoms with van der Waals surface area (Å²) in [5, 5.41) is 0. The molecular weight excluding hydrogens is 220 g/mol. The molecule has 0 fully saturated rings. The van der Waals surface area contributed by atoms with Crippen LogP contribution in [0.15, 0.2) is 60.7 Å². The van der Waals surface area contributed by atoms with Gasteiger partial charge in [0.05, 0.1) is 0 Å². The van der Waals surface area contributed by atoms with Gasteiger partial charge in [-0.25, -0.2) is 0 Å². The van der Waals surface area contributed by atoms with Gasteiger partial charge in [0, 0.05) is 0 Å². The Bertz CT molecular complexity index is 509. The van der Waals surface area contributed by atoms with Crippen LogP contribution >= 0.6 is 0 Å². The molecule has 2 aromatic carbocycles. The molecule has 0 unspecified atom stereocenters. The Morgan fingerprint density at radius 3 is 2.22 bits per heavy atom. The molecule has 0 bridgehead atoms. The third-order valence-corrected chi connectivity index (χ3v) is 2.74. The highest BCUT2D eigenvalue weighted by Crippen LogP contribution is 2.23. The van der Waals surface area contributed by atoms with Crippen LogP contribution in [0, 0.1) is 6.92 Å². The third kappa shape index (κ3) is 3.24. The van der Waals surface area contributed by atoms with Crippen molar-refractivity contribution in [1.29, 1.82) is 0 Å². The predicted molar refractivity (Wildman–Crippen MR) is 76.6 cm³/mol. The second kappa shape index (κ2) is 6.06. The molecule has 0 amide bonds. The van der Waals surface area contributed by atoms with E-state index in [0.717, 1.165) is 17.9 Å². The van der Waals surface area contributed by atoms with Crippen molar-refractivity contribution in [2.24, 2.45) is 0 Å². The molecule has 0 aliphatic carbocycles. The number of hydrogen-bond acceptors (Lipinski definition) is 1. The number of para-hydroxylation sites is 1. The Hall–Kier alpha value is -2.02. The maximum atomic E-state index is 5.74. The van der Waals surface area contributed by atoms with E-state index in [1.54, 1.807) is 0 Å². The first kappa shape index (κ1) is 12.4. The van der Waals surface area contributed by atoms with Crippen molar-refractivity contribution in [3.63, 3.8) is 0 Å². The Balaban J connectivity index is 2.11. The van der Waals surface area contributed by atoms with Gasteiger partial charge in [-0.3, -0.25) is 0 Å². The maximum absolute atomic E-state index is 5.74. The van der Waals surface area contributed by atoms with Gasteiger partial charge in [-0.05, 0) is 55.7 Å². The number of benzene rings is 2. The molecule has 0 saturated carbocycles. The first-order valence-electron chi connectivity index (χ1n) is 6.09. The number of allylic oxidation sites excluding steroid dienone is 2. The summed E-state index contributed by atoms with van der Waals surface area (Å²) in [7, 11) is 0. The molecule has 18 heavy (non-hydrogen) atoms. The van der Waals surface area contributed by atoms with Crippen molar-refractivity contribution in [2.45, 2.75) is 13.3 Å². The van der Waals surface area contributed by atoms with Crippen LogP contribution in [0.1, 0.15) is 18.9 Å². The van der Waals surface area contributed by atoms with Crippen LogP contribution in [0.2, 0.25) is 0 Å². The molecule has 0 aliphatic heterocycles. The van der Waals surface area contributed by atoms with Crippen molar-refractivity contribution in [3.05, 3.63) is 73.2 Å². The largest absolute Gasteiger partial charge is 0.457 e. The summed E-state index contributed by atoms with van der Waals surface area (Å²) in [4.78, 5) is 0. The summed E-state index contributed by atoms with van der Waals surface area (Å²) in [5.74, 6) is 1.71. The van der Waals surface area contributed by atoms with Crippen LogP contribution < -0.4 is 4.74 Å². The summed E-state index contributed by atoms with van der Waals surface area (Å²) in [6.07, 6.45) is 2.93. The summed E-state index contributed by atoms with van der Waals surface area (Å²) < 4.78 is 5.74. The molecule has 0 heterocycles. The molecule has 0 spiro atoms. The lowest BCUT2D eigenvalue weighted by atomic mass is 10.1. The second-order valence-electron chi connectivity index (χ2n) is 4.12. The van der Waals surface area contributed by atoms with E-state index in [1.165, 1.54) is 11.1 Å². The summed E-state index contributed by atoms with van der Waals surface area (Å²) in [6, 6.07) is 17.9. The highest BCUT2D eigenvalue weighted by molar-refractivity contribution is 5.64. The van der Waals surface area contributed by atoms with E-state index in [0.29, 0.717) is 0 Å². The molecule has 1 radical (unpaired) electrons. The van der Waals surface area contributed by atoms with Gasteiger partial charge in [0.15, 0.2) is 0 Å². The van der Waals surface area contributed by atoms with Gasteiger partial charge in [0.1, 0.15) is 11.5 Å². The number of ether oxygens (including phenoxy) is 1. The Morgan fingerprint density at radius 1 is 1.00 bits per heavy atom. The summed E-state index contributed by atoms with van der Waals surface area (Å²) in [6.45, 7) is 5.92. The second-order valence-corrected chi connectivity index (χ2v) is 4.12. The first-order chi connectivity index (χ1) is 8.79. The quantitative estimate of drug-likeness (QED) is 0.718. The zero-order valence-electron chi connectivity index (χ0n) is 10.6. The minimum Gasteiger partial charge on any atom is -0.457 e. The van der Waals surface area contributed by atoms with Crippen LogP contribution in [0.3, 0.4) is 0 Å². The Morgan fingerprint density at radius 2 is 1.61 bits per heavy atom. The molecule has 0 aliphatic rings. The van der Waals surface area contributed by atoms with Crippen molar-refractivity contribution in [2.75, 3.05) is 0 Å². The molecule has 2 rings (SSSR count). The van der Waals surface area contributed by atoms with E-state index in [2.05, 4.69) is 32.1 Å². The molecule has 1 nitrogen and oxygen atoms in total. The van der Waals surface area contributed by atoms with Crippen molar-refractivity contribution >= 4 is 5.57 Å². The highest BCUT2D eigenvalue weighted by Gasteiger charge is 1.98. The minimum absolute atomic E-state index is 0.814. The average molecular weight is 237 g/mol. The van der Waals surface area contributed by atoms with E-state index in [-0.39, 0.29) is 0 Å². The number of hydrogen-bond donors (Lipinski definition) is 0. The van der Waals surface area contributed by atoms with E-state index >= 15 is 0 Å². The molecule has 0 N–H and O–H groups in total. The molecule has 0 aromatic heterocycles. The van der Waals surface area contributed by atoms with Crippen LogP contribution in [-0.4, -0.2) is 0 Å². The minimum atomic E-state index is 0.814. The smallest absolute Gasteiger partial charge is 0.127 e.